The van der Waals surface area contributed by atoms with Crippen LogP contribution in [0.1, 0.15) is 21.6 Å². The van der Waals surface area contributed by atoms with Gasteiger partial charge in [-0.15, -0.1) is 0 Å². The molecule has 0 fully saturated rings. The highest BCUT2D eigenvalue weighted by Crippen LogP contribution is 2.20. The monoisotopic (exact) mass is 283 g/mol. The largest absolute Gasteiger partial charge is 0.348 e. The van der Waals surface area contributed by atoms with Gasteiger partial charge in [0.2, 0.25) is 0 Å². The maximum atomic E-state index is 11.9. The molecule has 18 heavy (non-hydrogen) atoms. The molecule has 4 nitrogen and oxygen atoms in total. The third kappa shape index (κ3) is 2.83. The van der Waals surface area contributed by atoms with Crippen molar-refractivity contribution in [3.05, 3.63) is 51.3 Å². The smallest absolute Gasteiger partial charge is 0.253 e. The standard InChI is InChI=1S/C12H11Cl2N3O/c1-7-8(6-16-17-7)5-15-12(18)10-3-2-9(13)4-11(10)14/h2-4,6H,5H2,1H3,(H,15,18)(H,16,17). The summed E-state index contributed by atoms with van der Waals surface area (Å²) in [7, 11) is 0. The number of rotatable bonds is 3. The highest BCUT2D eigenvalue weighted by Gasteiger charge is 2.11. The van der Waals surface area contributed by atoms with Crippen LogP contribution in [-0.4, -0.2) is 16.1 Å². The van der Waals surface area contributed by atoms with E-state index in [2.05, 4.69) is 15.5 Å². The fourth-order valence-electron chi connectivity index (χ4n) is 1.50. The van der Waals surface area contributed by atoms with E-state index in [9.17, 15) is 4.79 Å². The number of hydrogen-bond acceptors (Lipinski definition) is 2. The van der Waals surface area contributed by atoms with Gasteiger partial charge in [0.1, 0.15) is 0 Å². The Morgan fingerprint density at radius 3 is 2.83 bits per heavy atom. The van der Waals surface area contributed by atoms with Crippen LogP contribution in [0.25, 0.3) is 0 Å². The molecule has 94 valence electrons. The van der Waals surface area contributed by atoms with E-state index in [4.69, 9.17) is 23.2 Å². The second-order valence-electron chi connectivity index (χ2n) is 3.83. The fourth-order valence-corrected chi connectivity index (χ4v) is 1.99. The number of benzene rings is 1. The average Bonchev–Trinajstić information content (AvgIpc) is 2.72. The SMILES string of the molecule is Cc1[nH]ncc1CNC(=O)c1ccc(Cl)cc1Cl. The maximum absolute atomic E-state index is 11.9. The van der Waals surface area contributed by atoms with Gasteiger partial charge in [-0.25, -0.2) is 0 Å². The molecule has 0 spiro atoms. The number of amides is 1. The predicted octanol–water partition coefficient (Wildman–Crippen LogP) is 2.95. The molecular formula is C12H11Cl2N3O. The van der Waals surface area contributed by atoms with Crippen molar-refractivity contribution < 1.29 is 4.79 Å². The lowest BCUT2D eigenvalue weighted by molar-refractivity contribution is 0.0951. The lowest BCUT2D eigenvalue weighted by Crippen LogP contribution is -2.23. The molecule has 0 radical (unpaired) electrons. The van der Waals surface area contributed by atoms with E-state index < -0.39 is 0 Å². The molecule has 0 saturated carbocycles. The maximum Gasteiger partial charge on any atom is 0.253 e. The van der Waals surface area contributed by atoms with Crippen molar-refractivity contribution in [3.63, 3.8) is 0 Å². The van der Waals surface area contributed by atoms with Gasteiger partial charge in [-0.1, -0.05) is 23.2 Å². The van der Waals surface area contributed by atoms with Crippen LogP contribution in [-0.2, 0) is 6.54 Å². The zero-order valence-electron chi connectivity index (χ0n) is 9.63. The number of hydrogen-bond donors (Lipinski definition) is 2. The zero-order valence-corrected chi connectivity index (χ0v) is 11.1. The lowest BCUT2D eigenvalue weighted by Gasteiger charge is -2.06. The van der Waals surface area contributed by atoms with Crippen LogP contribution in [0.3, 0.4) is 0 Å². The Kier molecular flexibility index (Phi) is 3.89. The first-order valence-corrected chi connectivity index (χ1v) is 6.05. The van der Waals surface area contributed by atoms with Gasteiger partial charge in [0.15, 0.2) is 0 Å². The fraction of sp³-hybridized carbons (Fsp3) is 0.167. The number of H-pyrrole nitrogens is 1. The van der Waals surface area contributed by atoms with Gasteiger partial charge in [-0.05, 0) is 25.1 Å². The van der Waals surface area contributed by atoms with Crippen LogP contribution in [0.5, 0.6) is 0 Å². The molecule has 1 amide bonds. The minimum absolute atomic E-state index is 0.239. The first-order valence-electron chi connectivity index (χ1n) is 5.30. The number of nitrogens with one attached hydrogen (secondary N) is 2. The number of aromatic nitrogens is 2. The van der Waals surface area contributed by atoms with E-state index in [1.54, 1.807) is 24.4 Å². The number of carbonyl (C=O) groups excluding carboxylic acids is 1. The summed E-state index contributed by atoms with van der Waals surface area (Å²) in [6.45, 7) is 2.30. The van der Waals surface area contributed by atoms with Crippen LogP contribution in [0.4, 0.5) is 0 Å². The van der Waals surface area contributed by atoms with Crippen LogP contribution >= 0.6 is 23.2 Å². The van der Waals surface area contributed by atoms with Gasteiger partial charge in [-0.3, -0.25) is 9.89 Å². The van der Waals surface area contributed by atoms with Crippen LogP contribution in [0.15, 0.2) is 24.4 Å². The van der Waals surface area contributed by atoms with Crippen molar-refractivity contribution in [2.24, 2.45) is 0 Å². The highest BCUT2D eigenvalue weighted by molar-refractivity contribution is 6.36. The second kappa shape index (κ2) is 5.42. The molecule has 1 heterocycles. The van der Waals surface area contributed by atoms with E-state index in [-0.39, 0.29) is 5.91 Å². The van der Waals surface area contributed by atoms with E-state index in [1.165, 1.54) is 0 Å². The summed E-state index contributed by atoms with van der Waals surface area (Å²) in [5.74, 6) is -0.239. The molecule has 2 rings (SSSR count). The molecule has 1 aromatic heterocycles. The third-order valence-electron chi connectivity index (χ3n) is 2.55. The molecule has 0 aliphatic heterocycles. The van der Waals surface area contributed by atoms with Crippen molar-refractivity contribution >= 4 is 29.1 Å². The van der Waals surface area contributed by atoms with E-state index in [0.29, 0.717) is 22.2 Å². The molecule has 0 saturated heterocycles. The summed E-state index contributed by atoms with van der Waals surface area (Å²) in [5, 5.41) is 10.3. The second-order valence-corrected chi connectivity index (χ2v) is 4.67. The summed E-state index contributed by atoms with van der Waals surface area (Å²) in [5.41, 5.74) is 2.27. The average molecular weight is 284 g/mol. The molecule has 0 atom stereocenters. The first kappa shape index (κ1) is 12.9. The summed E-state index contributed by atoms with van der Waals surface area (Å²) >= 11 is 11.7. The number of halogens is 2. The topological polar surface area (TPSA) is 57.8 Å². The van der Waals surface area contributed by atoms with Crippen LogP contribution < -0.4 is 5.32 Å². The molecular weight excluding hydrogens is 273 g/mol. The van der Waals surface area contributed by atoms with Gasteiger partial charge in [-0.2, -0.15) is 5.10 Å². The van der Waals surface area contributed by atoms with Crippen molar-refractivity contribution in [2.75, 3.05) is 0 Å². The first-order chi connectivity index (χ1) is 8.58. The van der Waals surface area contributed by atoms with Gasteiger partial charge in [0, 0.05) is 22.8 Å². The number of nitrogens with zero attached hydrogens (tertiary/aromatic N) is 1. The zero-order chi connectivity index (χ0) is 13.1. The van der Waals surface area contributed by atoms with E-state index in [1.807, 2.05) is 6.92 Å². The normalized spacial score (nSPS) is 10.4. The minimum atomic E-state index is -0.239. The lowest BCUT2D eigenvalue weighted by atomic mass is 10.2. The molecule has 1 aromatic carbocycles. The van der Waals surface area contributed by atoms with Crippen molar-refractivity contribution in [1.82, 2.24) is 15.5 Å². The van der Waals surface area contributed by atoms with Gasteiger partial charge < -0.3 is 5.32 Å². The molecule has 0 aliphatic carbocycles. The number of carbonyl (C=O) groups is 1. The summed E-state index contributed by atoms with van der Waals surface area (Å²) in [6.07, 6.45) is 1.68. The Hall–Kier alpha value is -1.52. The molecule has 0 unspecified atom stereocenters. The Labute approximate surface area is 114 Å². The quantitative estimate of drug-likeness (QED) is 0.910. The molecule has 2 N–H and O–H groups in total. The third-order valence-corrected chi connectivity index (χ3v) is 3.10. The van der Waals surface area contributed by atoms with Gasteiger partial charge >= 0.3 is 0 Å². The Morgan fingerprint density at radius 1 is 1.44 bits per heavy atom. The number of aromatic amines is 1. The Morgan fingerprint density at radius 2 is 2.22 bits per heavy atom. The summed E-state index contributed by atoms with van der Waals surface area (Å²) < 4.78 is 0. The van der Waals surface area contributed by atoms with E-state index >= 15 is 0 Å². The number of aryl methyl sites for hydroxylation is 1. The van der Waals surface area contributed by atoms with Crippen LogP contribution in [0, 0.1) is 6.92 Å². The van der Waals surface area contributed by atoms with Crippen molar-refractivity contribution in [3.8, 4) is 0 Å². The molecule has 0 bridgehead atoms. The summed E-state index contributed by atoms with van der Waals surface area (Å²) in [6, 6.07) is 4.77. The predicted molar refractivity (Wildman–Crippen MR) is 71.0 cm³/mol. The Balaban J connectivity index is 2.06. The van der Waals surface area contributed by atoms with Gasteiger partial charge in [0.25, 0.3) is 5.91 Å². The van der Waals surface area contributed by atoms with Crippen molar-refractivity contribution in [1.29, 1.82) is 0 Å². The van der Waals surface area contributed by atoms with Crippen LogP contribution in [0.2, 0.25) is 10.0 Å². The minimum Gasteiger partial charge on any atom is -0.348 e. The van der Waals surface area contributed by atoms with Gasteiger partial charge in [0.05, 0.1) is 16.8 Å². The molecule has 6 heteroatoms. The van der Waals surface area contributed by atoms with E-state index in [0.717, 1.165) is 11.3 Å². The van der Waals surface area contributed by atoms with Crippen molar-refractivity contribution in [2.45, 2.75) is 13.5 Å². The summed E-state index contributed by atoms with van der Waals surface area (Å²) in [4.78, 5) is 11.9. The molecule has 0 aliphatic rings. The Bertz CT molecular complexity index is 580. The highest BCUT2D eigenvalue weighted by atomic mass is 35.5. The molecule has 2 aromatic rings.